The fourth-order valence-corrected chi connectivity index (χ4v) is 8.76. The first-order chi connectivity index (χ1) is 14.9. The molecule has 3 aromatic carbocycles. The molecular formula is C26H29N3OSi. The van der Waals surface area contributed by atoms with Crippen LogP contribution in [0.5, 0.6) is 0 Å². The zero-order valence-electron chi connectivity index (χ0n) is 18.3. The number of rotatable bonds is 6. The van der Waals surface area contributed by atoms with Crippen molar-refractivity contribution in [1.82, 2.24) is 10.2 Å². The Balaban J connectivity index is 1.68. The summed E-state index contributed by atoms with van der Waals surface area (Å²) in [6.45, 7) is 7.44. The van der Waals surface area contributed by atoms with E-state index in [0.29, 0.717) is 12.4 Å². The average molecular weight is 428 g/mol. The zero-order chi connectivity index (χ0) is 21.9. The van der Waals surface area contributed by atoms with Crippen LogP contribution in [0.2, 0.25) is 5.04 Å². The molecule has 158 valence electrons. The Kier molecular flexibility index (Phi) is 5.81. The van der Waals surface area contributed by atoms with E-state index in [1.807, 2.05) is 6.07 Å². The number of nitrogens with two attached hydrogens (primary N) is 1. The molecule has 0 radical (unpaired) electrons. The second kappa shape index (κ2) is 8.53. The minimum absolute atomic E-state index is 0.0386. The quantitative estimate of drug-likeness (QED) is 0.437. The fraction of sp³-hybridized carbons (Fsp3) is 0.192. The summed E-state index contributed by atoms with van der Waals surface area (Å²) in [6.07, 6.45) is 0. The Morgan fingerprint density at radius 3 is 1.84 bits per heavy atom. The van der Waals surface area contributed by atoms with E-state index >= 15 is 0 Å². The zero-order valence-corrected chi connectivity index (χ0v) is 19.3. The highest BCUT2D eigenvalue weighted by molar-refractivity contribution is 6.99. The van der Waals surface area contributed by atoms with E-state index in [9.17, 15) is 0 Å². The van der Waals surface area contributed by atoms with Crippen LogP contribution in [0, 0.1) is 0 Å². The van der Waals surface area contributed by atoms with Crippen LogP contribution in [-0.2, 0) is 11.0 Å². The lowest BCUT2D eigenvalue weighted by atomic mass is 10.1. The molecule has 0 fully saturated rings. The summed E-state index contributed by atoms with van der Waals surface area (Å²) in [4.78, 5) is 0. The normalized spacial score (nSPS) is 12.1. The van der Waals surface area contributed by atoms with Crippen molar-refractivity contribution in [2.24, 2.45) is 0 Å². The third-order valence-corrected chi connectivity index (χ3v) is 10.7. The maximum absolute atomic E-state index is 7.00. The molecule has 0 unspecified atom stereocenters. The summed E-state index contributed by atoms with van der Waals surface area (Å²) < 4.78 is 7.00. The summed E-state index contributed by atoms with van der Waals surface area (Å²) in [7, 11) is -2.54. The molecule has 0 aliphatic heterocycles. The van der Waals surface area contributed by atoms with E-state index in [1.165, 1.54) is 10.4 Å². The number of anilines is 1. The summed E-state index contributed by atoms with van der Waals surface area (Å²) in [5.41, 5.74) is 8.85. The van der Waals surface area contributed by atoms with Crippen LogP contribution < -0.4 is 16.1 Å². The van der Waals surface area contributed by atoms with Crippen LogP contribution in [0.15, 0.2) is 91.0 Å². The van der Waals surface area contributed by atoms with Crippen LogP contribution in [0.25, 0.3) is 11.3 Å². The molecule has 0 aliphatic rings. The monoisotopic (exact) mass is 427 g/mol. The van der Waals surface area contributed by atoms with E-state index in [1.54, 1.807) is 0 Å². The number of benzene rings is 3. The van der Waals surface area contributed by atoms with Gasteiger partial charge in [-0.2, -0.15) is 5.10 Å². The van der Waals surface area contributed by atoms with Crippen molar-refractivity contribution in [3.8, 4) is 11.3 Å². The molecule has 0 spiro atoms. The predicted molar refractivity (Wildman–Crippen MR) is 131 cm³/mol. The molecule has 0 amide bonds. The topological polar surface area (TPSA) is 63.9 Å². The minimum Gasteiger partial charge on any atom is -0.403 e. The van der Waals surface area contributed by atoms with Gasteiger partial charge in [0.05, 0.1) is 12.3 Å². The second-order valence-electron chi connectivity index (χ2n) is 8.86. The number of aromatic amines is 1. The molecule has 0 saturated carbocycles. The van der Waals surface area contributed by atoms with Crippen molar-refractivity contribution < 1.29 is 4.43 Å². The molecular weight excluding hydrogens is 398 g/mol. The predicted octanol–water partition coefficient (Wildman–Crippen LogP) is 4.74. The molecule has 4 aromatic rings. The lowest BCUT2D eigenvalue weighted by molar-refractivity contribution is 0.286. The van der Waals surface area contributed by atoms with Gasteiger partial charge in [0, 0.05) is 6.07 Å². The lowest BCUT2D eigenvalue weighted by Gasteiger charge is -2.43. The molecule has 0 bridgehead atoms. The van der Waals surface area contributed by atoms with E-state index in [2.05, 4.69) is 116 Å². The van der Waals surface area contributed by atoms with Crippen molar-refractivity contribution >= 4 is 24.5 Å². The van der Waals surface area contributed by atoms with Crippen LogP contribution >= 0.6 is 0 Å². The summed E-state index contributed by atoms with van der Waals surface area (Å²) in [6, 6.07) is 31.7. The second-order valence-corrected chi connectivity index (χ2v) is 13.2. The summed E-state index contributed by atoms with van der Waals surface area (Å²) in [5.74, 6) is 0.495. The van der Waals surface area contributed by atoms with Gasteiger partial charge in [0.1, 0.15) is 5.82 Å². The molecule has 3 N–H and O–H groups in total. The Hall–Kier alpha value is -3.15. The summed E-state index contributed by atoms with van der Waals surface area (Å²) in [5, 5.41) is 9.51. The van der Waals surface area contributed by atoms with Crippen LogP contribution in [0.3, 0.4) is 0 Å². The molecule has 1 heterocycles. The fourth-order valence-electron chi connectivity index (χ4n) is 4.22. The first-order valence-corrected chi connectivity index (χ1v) is 12.5. The Bertz CT molecular complexity index is 1080. The van der Waals surface area contributed by atoms with Gasteiger partial charge < -0.3 is 10.2 Å². The molecule has 0 saturated heterocycles. The number of nitrogen functional groups attached to an aromatic ring is 1. The van der Waals surface area contributed by atoms with Gasteiger partial charge in [-0.15, -0.1) is 0 Å². The molecule has 0 aliphatic carbocycles. The standard InChI is InChI=1S/C26H29N3OSi/c1-26(2,3)31(22-10-6-4-7-11-22,23-12-8-5-9-13-23)30-19-20-14-16-21(17-15-20)24-18-25(27)29-28-24/h4-18H,19H2,1-3H3,(H3,27,28,29). The van der Waals surface area contributed by atoms with Gasteiger partial charge in [-0.25, -0.2) is 0 Å². The lowest BCUT2D eigenvalue weighted by Crippen LogP contribution is -2.66. The highest BCUT2D eigenvalue weighted by atomic mass is 28.4. The van der Waals surface area contributed by atoms with E-state index in [-0.39, 0.29) is 5.04 Å². The van der Waals surface area contributed by atoms with Gasteiger partial charge in [0.15, 0.2) is 0 Å². The van der Waals surface area contributed by atoms with Gasteiger partial charge >= 0.3 is 0 Å². The SMILES string of the molecule is CC(C)(C)[Si](OCc1ccc(-c2cc(N)n[nH]2)cc1)(c1ccccc1)c1ccccc1. The molecule has 1 aromatic heterocycles. The molecule has 0 atom stereocenters. The Morgan fingerprint density at radius 1 is 0.839 bits per heavy atom. The van der Waals surface area contributed by atoms with Gasteiger partial charge in [0.2, 0.25) is 0 Å². The number of hydrogen-bond acceptors (Lipinski definition) is 3. The molecule has 31 heavy (non-hydrogen) atoms. The number of H-pyrrole nitrogens is 1. The van der Waals surface area contributed by atoms with E-state index in [4.69, 9.17) is 10.2 Å². The van der Waals surface area contributed by atoms with Gasteiger partial charge in [-0.05, 0) is 26.5 Å². The number of nitrogens with one attached hydrogen (secondary N) is 1. The maximum Gasteiger partial charge on any atom is 0.261 e. The average Bonchev–Trinajstić information content (AvgIpc) is 3.21. The number of nitrogens with zero attached hydrogens (tertiary/aromatic N) is 1. The summed E-state index contributed by atoms with van der Waals surface area (Å²) >= 11 is 0. The van der Waals surface area contributed by atoms with Crippen molar-refractivity contribution in [2.45, 2.75) is 32.4 Å². The minimum atomic E-state index is -2.54. The highest BCUT2D eigenvalue weighted by Gasteiger charge is 2.50. The molecule has 4 rings (SSSR count). The van der Waals surface area contributed by atoms with Gasteiger partial charge in [-0.3, -0.25) is 5.10 Å². The van der Waals surface area contributed by atoms with Crippen molar-refractivity contribution in [3.63, 3.8) is 0 Å². The van der Waals surface area contributed by atoms with Crippen LogP contribution in [-0.4, -0.2) is 18.5 Å². The van der Waals surface area contributed by atoms with E-state index in [0.717, 1.165) is 16.8 Å². The number of aromatic nitrogens is 2. The van der Waals surface area contributed by atoms with Gasteiger partial charge in [0.25, 0.3) is 8.32 Å². The van der Waals surface area contributed by atoms with E-state index < -0.39 is 8.32 Å². The highest BCUT2D eigenvalue weighted by Crippen LogP contribution is 2.37. The Labute approximate surface area is 185 Å². The first-order valence-electron chi connectivity index (χ1n) is 10.6. The van der Waals surface area contributed by atoms with Crippen LogP contribution in [0.1, 0.15) is 26.3 Å². The third-order valence-electron chi connectivity index (χ3n) is 5.73. The largest absolute Gasteiger partial charge is 0.403 e. The van der Waals surface area contributed by atoms with Gasteiger partial charge in [-0.1, -0.05) is 106 Å². The maximum atomic E-state index is 7.00. The van der Waals surface area contributed by atoms with Crippen molar-refractivity contribution in [1.29, 1.82) is 0 Å². The molecule has 4 nitrogen and oxygen atoms in total. The smallest absolute Gasteiger partial charge is 0.261 e. The van der Waals surface area contributed by atoms with Crippen LogP contribution in [0.4, 0.5) is 5.82 Å². The number of hydrogen-bond donors (Lipinski definition) is 2. The first kappa shape index (κ1) is 21.1. The molecule has 5 heteroatoms. The third kappa shape index (κ3) is 4.20. The Morgan fingerprint density at radius 2 is 1.39 bits per heavy atom. The van der Waals surface area contributed by atoms with Crippen molar-refractivity contribution in [2.75, 3.05) is 5.73 Å². The van der Waals surface area contributed by atoms with Crippen molar-refractivity contribution in [3.05, 3.63) is 96.6 Å².